The fourth-order valence-electron chi connectivity index (χ4n) is 2.62. The molecule has 1 N–H and O–H groups in total. The molecule has 0 aromatic heterocycles. The van der Waals surface area contributed by atoms with E-state index in [-0.39, 0.29) is 0 Å². The van der Waals surface area contributed by atoms with E-state index in [2.05, 4.69) is 37.2 Å². The Bertz CT molecular complexity index is 197. The van der Waals surface area contributed by atoms with Crippen LogP contribution < -0.4 is 5.32 Å². The highest BCUT2D eigenvalue weighted by molar-refractivity contribution is 7.98. The van der Waals surface area contributed by atoms with Crippen molar-refractivity contribution in [2.75, 3.05) is 25.1 Å². The van der Waals surface area contributed by atoms with Crippen molar-refractivity contribution in [2.45, 2.75) is 64.6 Å². The van der Waals surface area contributed by atoms with E-state index in [1.807, 2.05) is 11.8 Å². The molecule has 1 rings (SSSR count). The van der Waals surface area contributed by atoms with Gasteiger partial charge >= 0.3 is 0 Å². The summed E-state index contributed by atoms with van der Waals surface area (Å²) in [5, 5.41) is 3.86. The van der Waals surface area contributed by atoms with E-state index in [1.165, 1.54) is 44.5 Å². The van der Waals surface area contributed by atoms with Crippen LogP contribution in [-0.2, 0) is 0 Å². The lowest BCUT2D eigenvalue weighted by molar-refractivity contribution is 0.228. The van der Waals surface area contributed by atoms with Crippen molar-refractivity contribution in [3.05, 3.63) is 0 Å². The van der Waals surface area contributed by atoms with Crippen LogP contribution in [0.5, 0.6) is 0 Å². The quantitative estimate of drug-likeness (QED) is 0.788. The third-order valence-electron chi connectivity index (χ3n) is 3.83. The van der Waals surface area contributed by atoms with E-state index in [0.29, 0.717) is 12.1 Å². The molecule has 0 bridgehead atoms. The molecule has 1 heterocycles. The largest absolute Gasteiger partial charge is 0.310 e. The van der Waals surface area contributed by atoms with Gasteiger partial charge in [-0.25, -0.2) is 0 Å². The third-order valence-corrected chi connectivity index (χ3v) is 4.56. The molecule has 17 heavy (non-hydrogen) atoms. The summed E-state index contributed by atoms with van der Waals surface area (Å²) in [7, 11) is 0. The molecule has 0 saturated carbocycles. The Morgan fingerprint density at radius 2 is 2.06 bits per heavy atom. The normalized spacial score (nSPS) is 24.9. The Balaban J connectivity index is 2.35. The van der Waals surface area contributed by atoms with Crippen LogP contribution in [0.2, 0.25) is 0 Å². The lowest BCUT2D eigenvalue weighted by Gasteiger charge is -2.25. The summed E-state index contributed by atoms with van der Waals surface area (Å²) in [6.45, 7) is 9.48. The molecular weight excluding hydrogens is 228 g/mol. The molecule has 0 aliphatic carbocycles. The summed E-state index contributed by atoms with van der Waals surface area (Å²) >= 11 is 1.96. The molecule has 2 unspecified atom stereocenters. The first-order chi connectivity index (χ1) is 8.17. The highest BCUT2D eigenvalue weighted by Gasteiger charge is 2.20. The lowest BCUT2D eigenvalue weighted by Crippen LogP contribution is -2.40. The standard InChI is InChI=1S/C14H30N2S/c1-5-13(11-17-4)15-14-7-6-9-16(10-8-14)12(2)3/h12-15H,5-11H2,1-4H3. The molecule has 1 aliphatic rings. The van der Waals surface area contributed by atoms with E-state index in [1.54, 1.807) is 0 Å². The molecule has 0 aromatic carbocycles. The topological polar surface area (TPSA) is 15.3 Å². The minimum Gasteiger partial charge on any atom is -0.310 e. The SMILES string of the molecule is CCC(CSC)NC1CCCN(C(C)C)CC1. The van der Waals surface area contributed by atoms with Crippen LogP contribution in [0.25, 0.3) is 0 Å². The van der Waals surface area contributed by atoms with Crippen LogP contribution in [0.15, 0.2) is 0 Å². The molecular formula is C14H30N2S. The maximum absolute atomic E-state index is 3.86. The van der Waals surface area contributed by atoms with Gasteiger partial charge in [-0.05, 0) is 58.9 Å². The average Bonchev–Trinajstić information content (AvgIpc) is 2.54. The van der Waals surface area contributed by atoms with Crippen molar-refractivity contribution in [3.63, 3.8) is 0 Å². The monoisotopic (exact) mass is 258 g/mol. The van der Waals surface area contributed by atoms with Gasteiger partial charge in [-0.3, -0.25) is 0 Å². The number of hydrogen-bond donors (Lipinski definition) is 1. The van der Waals surface area contributed by atoms with Gasteiger partial charge in [0, 0.05) is 23.9 Å². The number of thioether (sulfide) groups is 1. The number of hydrogen-bond acceptors (Lipinski definition) is 3. The van der Waals surface area contributed by atoms with Crippen molar-refractivity contribution < 1.29 is 0 Å². The van der Waals surface area contributed by atoms with E-state index in [4.69, 9.17) is 0 Å². The van der Waals surface area contributed by atoms with Crippen LogP contribution >= 0.6 is 11.8 Å². The third kappa shape index (κ3) is 5.62. The second-order valence-corrected chi connectivity index (χ2v) is 6.40. The van der Waals surface area contributed by atoms with Crippen LogP contribution in [0.4, 0.5) is 0 Å². The van der Waals surface area contributed by atoms with Crippen LogP contribution in [0, 0.1) is 0 Å². The summed E-state index contributed by atoms with van der Waals surface area (Å²) < 4.78 is 0. The maximum atomic E-state index is 3.86. The molecule has 102 valence electrons. The van der Waals surface area contributed by atoms with Gasteiger partial charge in [-0.2, -0.15) is 11.8 Å². The van der Waals surface area contributed by atoms with Crippen LogP contribution in [0.1, 0.15) is 46.5 Å². The first kappa shape index (κ1) is 15.3. The lowest BCUT2D eigenvalue weighted by atomic mass is 10.1. The van der Waals surface area contributed by atoms with Gasteiger partial charge in [-0.1, -0.05) is 6.92 Å². The van der Waals surface area contributed by atoms with Crippen LogP contribution in [-0.4, -0.2) is 48.1 Å². The zero-order valence-corrected chi connectivity index (χ0v) is 12.9. The van der Waals surface area contributed by atoms with Gasteiger partial charge in [0.05, 0.1) is 0 Å². The molecule has 0 amide bonds. The summed E-state index contributed by atoms with van der Waals surface area (Å²) in [5.41, 5.74) is 0. The second-order valence-electron chi connectivity index (χ2n) is 5.48. The van der Waals surface area contributed by atoms with Gasteiger partial charge < -0.3 is 10.2 Å². The van der Waals surface area contributed by atoms with E-state index in [0.717, 1.165) is 6.04 Å². The average molecular weight is 258 g/mol. The molecule has 1 saturated heterocycles. The smallest absolute Gasteiger partial charge is 0.0158 e. The minimum atomic E-state index is 0.709. The molecule has 2 atom stereocenters. The number of rotatable bonds is 6. The zero-order chi connectivity index (χ0) is 12.7. The molecule has 3 heteroatoms. The van der Waals surface area contributed by atoms with Gasteiger partial charge in [-0.15, -0.1) is 0 Å². The molecule has 1 aliphatic heterocycles. The fraction of sp³-hybridized carbons (Fsp3) is 1.00. The number of nitrogens with zero attached hydrogens (tertiary/aromatic N) is 1. The van der Waals surface area contributed by atoms with Gasteiger partial charge in [0.15, 0.2) is 0 Å². The minimum absolute atomic E-state index is 0.709. The Morgan fingerprint density at radius 3 is 2.65 bits per heavy atom. The zero-order valence-electron chi connectivity index (χ0n) is 12.0. The number of nitrogens with one attached hydrogen (secondary N) is 1. The van der Waals surface area contributed by atoms with Gasteiger partial charge in [0.1, 0.15) is 0 Å². The first-order valence-corrected chi connectivity index (χ1v) is 8.55. The van der Waals surface area contributed by atoms with E-state index < -0.39 is 0 Å². The van der Waals surface area contributed by atoms with E-state index >= 15 is 0 Å². The predicted molar refractivity (Wildman–Crippen MR) is 79.9 cm³/mol. The van der Waals surface area contributed by atoms with Crippen molar-refractivity contribution in [2.24, 2.45) is 0 Å². The van der Waals surface area contributed by atoms with Gasteiger partial charge in [0.2, 0.25) is 0 Å². The maximum Gasteiger partial charge on any atom is 0.0158 e. The fourth-order valence-corrected chi connectivity index (χ4v) is 3.35. The van der Waals surface area contributed by atoms with Crippen molar-refractivity contribution in [1.29, 1.82) is 0 Å². The highest BCUT2D eigenvalue weighted by atomic mass is 32.2. The molecule has 0 spiro atoms. The first-order valence-electron chi connectivity index (χ1n) is 7.16. The van der Waals surface area contributed by atoms with Gasteiger partial charge in [0.25, 0.3) is 0 Å². The Hall–Kier alpha value is 0.270. The molecule has 2 nitrogen and oxygen atoms in total. The van der Waals surface area contributed by atoms with Crippen molar-refractivity contribution in [1.82, 2.24) is 10.2 Å². The van der Waals surface area contributed by atoms with Crippen molar-refractivity contribution in [3.8, 4) is 0 Å². The Morgan fingerprint density at radius 1 is 1.29 bits per heavy atom. The molecule has 1 fully saturated rings. The molecule has 0 radical (unpaired) electrons. The van der Waals surface area contributed by atoms with Crippen LogP contribution in [0.3, 0.4) is 0 Å². The second kappa shape index (κ2) is 8.39. The molecule has 0 aromatic rings. The summed E-state index contributed by atoms with van der Waals surface area (Å²) in [4.78, 5) is 2.62. The number of likely N-dealkylation sites (tertiary alicyclic amines) is 1. The van der Waals surface area contributed by atoms with E-state index in [9.17, 15) is 0 Å². The highest BCUT2D eigenvalue weighted by Crippen LogP contribution is 2.15. The summed E-state index contributed by atoms with van der Waals surface area (Å²) in [6.07, 6.45) is 7.49. The predicted octanol–water partition coefficient (Wildman–Crippen LogP) is 2.98. The Kier molecular flexibility index (Phi) is 7.56. The summed E-state index contributed by atoms with van der Waals surface area (Å²) in [5.74, 6) is 1.25. The van der Waals surface area contributed by atoms with Crippen molar-refractivity contribution >= 4 is 11.8 Å². The Labute approximate surface area is 112 Å². The summed E-state index contributed by atoms with van der Waals surface area (Å²) in [6, 6.07) is 2.17.